The molecule has 134 valence electrons. The summed E-state index contributed by atoms with van der Waals surface area (Å²) in [7, 11) is 0. The number of nitrogens with one attached hydrogen (secondary N) is 2. The number of nitrogens with zero attached hydrogens (tertiary/aromatic N) is 4. The number of aryl methyl sites for hydroxylation is 1. The molecule has 0 fully saturated rings. The van der Waals surface area contributed by atoms with Gasteiger partial charge in [-0.3, -0.25) is 5.10 Å². The Morgan fingerprint density at radius 2 is 2.28 bits per heavy atom. The molecule has 6 nitrogen and oxygen atoms in total. The molecular weight excluding hydrogens is 356 g/mol. The number of fused-ring (bicyclic) bond motifs is 1. The number of thiophene rings is 1. The van der Waals surface area contributed by atoms with Gasteiger partial charge in [0.15, 0.2) is 0 Å². The zero-order chi connectivity index (χ0) is 16.5. The highest BCUT2D eigenvalue weighted by atomic mass is 35.5. The predicted molar refractivity (Wildman–Crippen MR) is 102 cm³/mol. The SMILES string of the molecule is CC(C)c1nnc2n1CC(NCc1cn[nH]c1-c1cccs1)CC2.Cl. The fraction of sp³-hybridized carbons (Fsp3) is 0.471. The summed E-state index contributed by atoms with van der Waals surface area (Å²) in [6.45, 7) is 6.12. The molecule has 0 spiro atoms. The quantitative estimate of drug-likeness (QED) is 0.713. The molecular formula is C17H23ClN6S. The molecule has 0 aliphatic carbocycles. The summed E-state index contributed by atoms with van der Waals surface area (Å²) in [6, 6.07) is 4.64. The highest BCUT2D eigenvalue weighted by molar-refractivity contribution is 7.13. The van der Waals surface area contributed by atoms with E-state index >= 15 is 0 Å². The fourth-order valence-corrected chi connectivity index (χ4v) is 4.03. The third-order valence-electron chi connectivity index (χ3n) is 4.56. The number of hydrogen-bond acceptors (Lipinski definition) is 5. The van der Waals surface area contributed by atoms with Crippen molar-refractivity contribution in [3.63, 3.8) is 0 Å². The molecule has 0 saturated carbocycles. The maximum Gasteiger partial charge on any atom is 0.135 e. The third kappa shape index (κ3) is 3.63. The number of hydrogen-bond donors (Lipinski definition) is 2. The molecule has 1 aliphatic rings. The van der Waals surface area contributed by atoms with E-state index in [1.165, 1.54) is 10.4 Å². The van der Waals surface area contributed by atoms with Crippen molar-refractivity contribution in [3.05, 3.63) is 40.9 Å². The lowest BCUT2D eigenvalue weighted by Gasteiger charge is -2.26. The number of rotatable bonds is 5. The van der Waals surface area contributed by atoms with Gasteiger partial charge in [0.2, 0.25) is 0 Å². The Morgan fingerprint density at radius 3 is 3.04 bits per heavy atom. The number of aromatic amines is 1. The molecule has 1 unspecified atom stereocenters. The van der Waals surface area contributed by atoms with Gasteiger partial charge in [0.1, 0.15) is 11.6 Å². The van der Waals surface area contributed by atoms with E-state index in [0.717, 1.165) is 43.3 Å². The fourth-order valence-electron chi connectivity index (χ4n) is 3.28. The van der Waals surface area contributed by atoms with Crippen molar-refractivity contribution >= 4 is 23.7 Å². The summed E-state index contributed by atoms with van der Waals surface area (Å²) in [5.74, 6) is 2.63. The lowest BCUT2D eigenvalue weighted by molar-refractivity contribution is 0.370. The monoisotopic (exact) mass is 378 g/mol. The summed E-state index contributed by atoms with van der Waals surface area (Å²) < 4.78 is 2.29. The first-order chi connectivity index (χ1) is 11.7. The molecule has 2 N–H and O–H groups in total. The smallest absolute Gasteiger partial charge is 0.135 e. The lowest BCUT2D eigenvalue weighted by Crippen LogP contribution is -2.37. The zero-order valence-corrected chi connectivity index (χ0v) is 16.0. The van der Waals surface area contributed by atoms with Gasteiger partial charge in [-0.1, -0.05) is 19.9 Å². The molecule has 1 aliphatic heterocycles. The van der Waals surface area contributed by atoms with Crippen molar-refractivity contribution in [1.82, 2.24) is 30.3 Å². The van der Waals surface area contributed by atoms with Crippen molar-refractivity contribution in [2.24, 2.45) is 0 Å². The van der Waals surface area contributed by atoms with Crippen LogP contribution in [0.2, 0.25) is 0 Å². The largest absolute Gasteiger partial charge is 0.313 e. The minimum atomic E-state index is 0. The molecule has 25 heavy (non-hydrogen) atoms. The summed E-state index contributed by atoms with van der Waals surface area (Å²) in [5.41, 5.74) is 2.34. The lowest BCUT2D eigenvalue weighted by atomic mass is 10.1. The maximum atomic E-state index is 4.36. The average Bonchev–Trinajstić information content (AvgIpc) is 3.31. The molecule has 3 aromatic rings. The zero-order valence-electron chi connectivity index (χ0n) is 14.4. The first-order valence-corrected chi connectivity index (χ1v) is 9.32. The first-order valence-electron chi connectivity index (χ1n) is 8.44. The van der Waals surface area contributed by atoms with E-state index in [1.807, 2.05) is 6.20 Å². The van der Waals surface area contributed by atoms with Crippen molar-refractivity contribution < 1.29 is 0 Å². The van der Waals surface area contributed by atoms with Gasteiger partial charge >= 0.3 is 0 Å². The van der Waals surface area contributed by atoms with Crippen LogP contribution in [0.4, 0.5) is 0 Å². The van der Waals surface area contributed by atoms with Crippen LogP contribution >= 0.6 is 23.7 Å². The Labute approximate surface area is 157 Å². The second-order valence-electron chi connectivity index (χ2n) is 6.60. The highest BCUT2D eigenvalue weighted by Gasteiger charge is 2.24. The molecule has 4 heterocycles. The van der Waals surface area contributed by atoms with Gasteiger partial charge in [-0.05, 0) is 17.9 Å². The van der Waals surface area contributed by atoms with Gasteiger partial charge in [-0.2, -0.15) is 5.10 Å². The van der Waals surface area contributed by atoms with Crippen LogP contribution in [0.1, 0.15) is 43.4 Å². The van der Waals surface area contributed by atoms with Crippen molar-refractivity contribution in [2.45, 2.75) is 51.7 Å². The summed E-state index contributed by atoms with van der Waals surface area (Å²) in [6.07, 6.45) is 4.01. The Morgan fingerprint density at radius 1 is 1.40 bits per heavy atom. The topological polar surface area (TPSA) is 71.4 Å². The molecule has 0 radical (unpaired) electrons. The number of H-pyrrole nitrogens is 1. The average molecular weight is 379 g/mol. The van der Waals surface area contributed by atoms with Crippen LogP contribution in [0.25, 0.3) is 10.6 Å². The van der Waals surface area contributed by atoms with Crippen molar-refractivity contribution in [3.8, 4) is 10.6 Å². The van der Waals surface area contributed by atoms with Crippen molar-refractivity contribution in [1.29, 1.82) is 0 Å². The molecule has 3 aromatic heterocycles. The van der Waals surface area contributed by atoms with Crippen LogP contribution in [0.15, 0.2) is 23.7 Å². The van der Waals surface area contributed by atoms with Crippen molar-refractivity contribution in [2.75, 3.05) is 0 Å². The Bertz CT molecular complexity index is 807. The van der Waals surface area contributed by atoms with E-state index in [1.54, 1.807) is 11.3 Å². The Kier molecular flexibility index (Phi) is 5.56. The van der Waals surface area contributed by atoms with E-state index in [-0.39, 0.29) is 12.4 Å². The molecule has 0 aromatic carbocycles. The number of halogens is 1. The Hall–Kier alpha value is -1.70. The van der Waals surface area contributed by atoms with E-state index < -0.39 is 0 Å². The van der Waals surface area contributed by atoms with Gasteiger partial charge in [0.25, 0.3) is 0 Å². The van der Waals surface area contributed by atoms with Crippen LogP contribution in [0.3, 0.4) is 0 Å². The van der Waals surface area contributed by atoms with E-state index in [9.17, 15) is 0 Å². The summed E-state index contributed by atoms with van der Waals surface area (Å²) in [4.78, 5) is 1.23. The molecule has 0 amide bonds. The molecule has 0 bridgehead atoms. The van der Waals surface area contributed by atoms with E-state index in [4.69, 9.17) is 0 Å². The second kappa shape index (κ2) is 7.68. The summed E-state index contributed by atoms with van der Waals surface area (Å²) >= 11 is 1.73. The van der Waals surface area contributed by atoms with Crippen LogP contribution in [-0.2, 0) is 19.5 Å². The number of aromatic nitrogens is 5. The normalized spacial score (nSPS) is 16.7. The summed E-state index contributed by atoms with van der Waals surface area (Å²) in [5, 5.41) is 21.8. The van der Waals surface area contributed by atoms with Gasteiger partial charge < -0.3 is 9.88 Å². The minimum absolute atomic E-state index is 0. The van der Waals surface area contributed by atoms with Gasteiger partial charge in [-0.15, -0.1) is 33.9 Å². The molecule has 8 heteroatoms. The van der Waals surface area contributed by atoms with Gasteiger partial charge in [0, 0.05) is 37.0 Å². The van der Waals surface area contributed by atoms with Crippen LogP contribution in [0.5, 0.6) is 0 Å². The standard InChI is InChI=1S/C17H22N6S.ClH/c1-11(2)17-22-20-15-6-5-13(10-23(15)17)18-8-12-9-19-21-16(12)14-4-3-7-24-14;/h3-4,7,9,11,13,18H,5-6,8,10H2,1-2H3,(H,19,21);1H. The van der Waals surface area contributed by atoms with Crippen LogP contribution < -0.4 is 5.32 Å². The highest BCUT2D eigenvalue weighted by Crippen LogP contribution is 2.26. The van der Waals surface area contributed by atoms with E-state index in [2.05, 4.69) is 61.6 Å². The Balaban J connectivity index is 0.00000182. The second-order valence-corrected chi connectivity index (χ2v) is 7.55. The molecule has 0 saturated heterocycles. The van der Waals surface area contributed by atoms with E-state index in [0.29, 0.717) is 12.0 Å². The van der Waals surface area contributed by atoms with Crippen LogP contribution in [-0.4, -0.2) is 31.0 Å². The minimum Gasteiger partial charge on any atom is -0.313 e. The van der Waals surface area contributed by atoms with Crippen LogP contribution in [0, 0.1) is 0 Å². The molecule has 4 rings (SSSR count). The first kappa shape index (κ1) is 18.1. The van der Waals surface area contributed by atoms with Gasteiger partial charge in [-0.25, -0.2) is 0 Å². The predicted octanol–water partition coefficient (Wildman–Crippen LogP) is 3.38. The van der Waals surface area contributed by atoms with Gasteiger partial charge in [0.05, 0.1) is 16.8 Å². The maximum absolute atomic E-state index is 4.36. The third-order valence-corrected chi connectivity index (χ3v) is 5.45. The molecule has 1 atom stereocenters.